The predicted octanol–water partition coefficient (Wildman–Crippen LogP) is 0.719. The Morgan fingerprint density at radius 2 is 2.22 bits per heavy atom. The maximum absolute atomic E-state index is 5.49. The molecule has 18 heavy (non-hydrogen) atoms. The highest BCUT2D eigenvalue weighted by molar-refractivity contribution is 5.45. The van der Waals surface area contributed by atoms with Crippen molar-refractivity contribution in [2.45, 2.75) is 0 Å². The van der Waals surface area contributed by atoms with Crippen LogP contribution in [0.1, 0.15) is 0 Å². The predicted molar refractivity (Wildman–Crippen MR) is 70.8 cm³/mol. The van der Waals surface area contributed by atoms with Gasteiger partial charge in [0, 0.05) is 25.4 Å². The number of nitrogens with one attached hydrogen (secondary N) is 1. The number of fused-ring (bicyclic) bond motifs is 1. The van der Waals surface area contributed by atoms with Gasteiger partial charge in [-0.25, -0.2) is 9.50 Å². The number of ether oxygens (including phenoxy) is 1. The van der Waals surface area contributed by atoms with Crippen molar-refractivity contribution in [1.82, 2.24) is 19.5 Å². The van der Waals surface area contributed by atoms with Crippen molar-refractivity contribution in [2.75, 3.05) is 45.7 Å². The first-order valence-electron chi connectivity index (χ1n) is 6.02. The molecule has 1 N–H and O–H groups in total. The molecule has 2 aromatic rings. The van der Waals surface area contributed by atoms with Crippen LogP contribution in [0.2, 0.25) is 0 Å². The third-order valence-corrected chi connectivity index (χ3v) is 2.49. The Morgan fingerprint density at radius 1 is 1.33 bits per heavy atom. The molecule has 6 heteroatoms. The summed E-state index contributed by atoms with van der Waals surface area (Å²) in [4.78, 5) is 6.51. The van der Waals surface area contributed by atoms with Crippen LogP contribution in [0, 0.1) is 0 Å². The van der Waals surface area contributed by atoms with Gasteiger partial charge in [0.05, 0.1) is 19.4 Å². The van der Waals surface area contributed by atoms with Crippen molar-refractivity contribution < 1.29 is 4.74 Å². The highest BCUT2D eigenvalue weighted by atomic mass is 16.5. The standard InChI is InChI=1S/C12H19N5O/c1-16(2)8-10-18-9-6-13-11-4-7-17-12(15-11)3-5-14-17/h3-5,7H,6,8-10H2,1-2H3,(H,13,15). The zero-order valence-electron chi connectivity index (χ0n) is 10.8. The van der Waals surface area contributed by atoms with E-state index in [1.54, 1.807) is 10.7 Å². The van der Waals surface area contributed by atoms with E-state index < -0.39 is 0 Å². The maximum Gasteiger partial charge on any atom is 0.157 e. The van der Waals surface area contributed by atoms with Crippen LogP contribution in [0.25, 0.3) is 5.65 Å². The SMILES string of the molecule is CN(C)CCOCCNc1ccn2nccc2n1. The number of nitrogens with zero attached hydrogens (tertiary/aromatic N) is 4. The second-order valence-corrected chi connectivity index (χ2v) is 4.29. The molecule has 2 aromatic heterocycles. The Morgan fingerprint density at radius 3 is 3.06 bits per heavy atom. The van der Waals surface area contributed by atoms with E-state index in [1.165, 1.54) is 0 Å². The molecule has 0 radical (unpaired) electrons. The Labute approximate surface area is 107 Å². The van der Waals surface area contributed by atoms with Crippen LogP contribution >= 0.6 is 0 Å². The molecule has 0 saturated heterocycles. The third kappa shape index (κ3) is 3.68. The lowest BCUT2D eigenvalue weighted by molar-refractivity contribution is 0.126. The number of rotatable bonds is 7. The molecule has 98 valence electrons. The molecule has 0 spiro atoms. The van der Waals surface area contributed by atoms with Gasteiger partial charge >= 0.3 is 0 Å². The fourth-order valence-corrected chi connectivity index (χ4v) is 1.51. The molecular formula is C12H19N5O. The van der Waals surface area contributed by atoms with Gasteiger partial charge in [-0.05, 0) is 20.2 Å². The molecule has 6 nitrogen and oxygen atoms in total. The number of anilines is 1. The summed E-state index contributed by atoms with van der Waals surface area (Å²) in [5.74, 6) is 0.846. The first kappa shape index (κ1) is 12.8. The van der Waals surface area contributed by atoms with Crippen LogP contribution in [-0.2, 0) is 4.74 Å². The fraction of sp³-hybridized carbons (Fsp3) is 0.500. The molecule has 0 fully saturated rings. The topological polar surface area (TPSA) is 54.7 Å². The summed E-state index contributed by atoms with van der Waals surface area (Å²) in [5, 5.41) is 7.32. The van der Waals surface area contributed by atoms with E-state index in [1.807, 2.05) is 32.4 Å². The van der Waals surface area contributed by atoms with Crippen LogP contribution < -0.4 is 5.32 Å². The van der Waals surface area contributed by atoms with Gasteiger partial charge in [0.15, 0.2) is 5.65 Å². The number of likely N-dealkylation sites (N-methyl/N-ethyl adjacent to an activating group) is 1. The fourth-order valence-electron chi connectivity index (χ4n) is 1.51. The van der Waals surface area contributed by atoms with Crippen molar-refractivity contribution in [3.8, 4) is 0 Å². The quantitative estimate of drug-likeness (QED) is 0.733. The van der Waals surface area contributed by atoms with Crippen molar-refractivity contribution in [3.05, 3.63) is 24.5 Å². The lowest BCUT2D eigenvalue weighted by atomic mass is 10.5. The lowest BCUT2D eigenvalue weighted by Gasteiger charge is -2.10. The largest absolute Gasteiger partial charge is 0.378 e. The molecule has 2 rings (SSSR count). The van der Waals surface area contributed by atoms with Crippen LogP contribution in [0.15, 0.2) is 24.5 Å². The molecular weight excluding hydrogens is 230 g/mol. The minimum absolute atomic E-state index is 0.681. The molecule has 0 saturated carbocycles. The molecule has 0 aliphatic rings. The minimum atomic E-state index is 0.681. The molecule has 0 aliphatic heterocycles. The van der Waals surface area contributed by atoms with Crippen molar-refractivity contribution in [2.24, 2.45) is 0 Å². The monoisotopic (exact) mass is 249 g/mol. The summed E-state index contributed by atoms with van der Waals surface area (Å²) in [5.41, 5.74) is 0.841. The molecule has 0 amide bonds. The second-order valence-electron chi connectivity index (χ2n) is 4.29. The normalized spacial score (nSPS) is 11.3. The van der Waals surface area contributed by atoms with E-state index in [-0.39, 0.29) is 0 Å². The summed E-state index contributed by atoms with van der Waals surface area (Å²) >= 11 is 0. The number of aromatic nitrogens is 3. The summed E-state index contributed by atoms with van der Waals surface area (Å²) in [6.07, 6.45) is 3.62. The Hall–Kier alpha value is -1.66. The molecule has 0 atom stereocenters. The van der Waals surface area contributed by atoms with E-state index in [0.29, 0.717) is 6.61 Å². The van der Waals surface area contributed by atoms with E-state index in [9.17, 15) is 0 Å². The van der Waals surface area contributed by atoms with Gasteiger partial charge in [-0.1, -0.05) is 0 Å². The Bertz CT molecular complexity index is 482. The summed E-state index contributed by atoms with van der Waals surface area (Å²) in [7, 11) is 4.07. The van der Waals surface area contributed by atoms with Crippen LogP contribution in [0.3, 0.4) is 0 Å². The highest BCUT2D eigenvalue weighted by Gasteiger charge is 1.97. The van der Waals surface area contributed by atoms with Crippen molar-refractivity contribution in [1.29, 1.82) is 0 Å². The van der Waals surface area contributed by atoms with E-state index >= 15 is 0 Å². The average molecular weight is 249 g/mol. The Kier molecular flexibility index (Phi) is 4.49. The van der Waals surface area contributed by atoms with Gasteiger partial charge < -0.3 is 15.0 Å². The number of hydrogen-bond donors (Lipinski definition) is 1. The molecule has 0 bridgehead atoms. The highest BCUT2D eigenvalue weighted by Crippen LogP contribution is 2.04. The van der Waals surface area contributed by atoms with Gasteiger partial charge in [-0.2, -0.15) is 5.10 Å². The Balaban J connectivity index is 1.70. The van der Waals surface area contributed by atoms with Gasteiger partial charge in [-0.3, -0.25) is 0 Å². The molecule has 2 heterocycles. The van der Waals surface area contributed by atoms with Gasteiger partial charge in [0.1, 0.15) is 5.82 Å². The minimum Gasteiger partial charge on any atom is -0.378 e. The van der Waals surface area contributed by atoms with Crippen molar-refractivity contribution in [3.63, 3.8) is 0 Å². The zero-order valence-corrected chi connectivity index (χ0v) is 10.8. The van der Waals surface area contributed by atoms with Crippen LogP contribution in [0.4, 0.5) is 5.82 Å². The van der Waals surface area contributed by atoms with E-state index in [2.05, 4.69) is 20.3 Å². The number of hydrogen-bond acceptors (Lipinski definition) is 5. The van der Waals surface area contributed by atoms with Crippen molar-refractivity contribution >= 4 is 11.5 Å². The van der Waals surface area contributed by atoms with E-state index in [4.69, 9.17) is 4.74 Å². The first-order valence-corrected chi connectivity index (χ1v) is 6.02. The van der Waals surface area contributed by atoms with Gasteiger partial charge in [0.2, 0.25) is 0 Å². The first-order chi connectivity index (χ1) is 8.75. The smallest absolute Gasteiger partial charge is 0.157 e. The summed E-state index contributed by atoms with van der Waals surface area (Å²) in [6, 6.07) is 3.78. The molecule has 0 aromatic carbocycles. The zero-order chi connectivity index (χ0) is 12.8. The summed E-state index contributed by atoms with van der Waals surface area (Å²) in [6.45, 7) is 3.13. The third-order valence-electron chi connectivity index (χ3n) is 2.49. The average Bonchev–Trinajstić information content (AvgIpc) is 2.80. The van der Waals surface area contributed by atoms with Gasteiger partial charge in [0.25, 0.3) is 0 Å². The summed E-state index contributed by atoms with van der Waals surface area (Å²) < 4.78 is 7.22. The molecule has 0 aliphatic carbocycles. The molecule has 0 unspecified atom stereocenters. The second kappa shape index (κ2) is 6.32. The van der Waals surface area contributed by atoms with Crippen LogP contribution in [0.5, 0.6) is 0 Å². The van der Waals surface area contributed by atoms with Crippen LogP contribution in [-0.4, -0.2) is 59.9 Å². The maximum atomic E-state index is 5.49. The van der Waals surface area contributed by atoms with Gasteiger partial charge in [-0.15, -0.1) is 0 Å². The lowest BCUT2D eigenvalue weighted by Crippen LogP contribution is -2.20. The van der Waals surface area contributed by atoms with E-state index in [0.717, 1.165) is 31.2 Å².